The van der Waals surface area contributed by atoms with Gasteiger partial charge in [0.05, 0.1) is 29.5 Å². The Kier molecular flexibility index (Phi) is 6.90. The van der Waals surface area contributed by atoms with Gasteiger partial charge in [-0.3, -0.25) is 0 Å². The Hall–Kier alpha value is -3.32. The van der Waals surface area contributed by atoms with E-state index >= 15 is 0 Å². The number of para-hydroxylation sites is 1. The van der Waals surface area contributed by atoms with Crippen molar-refractivity contribution in [2.24, 2.45) is 11.3 Å². The third kappa shape index (κ3) is 5.05. The van der Waals surface area contributed by atoms with Gasteiger partial charge in [-0.1, -0.05) is 12.1 Å². The number of benzene rings is 2. The zero-order chi connectivity index (χ0) is 25.2. The predicted molar refractivity (Wildman–Crippen MR) is 122 cm³/mol. The number of nitrogens with one attached hydrogen (secondary N) is 1. The maximum atomic E-state index is 14.0. The fraction of sp³-hybridized carbons (Fsp3) is 0.440. The summed E-state index contributed by atoms with van der Waals surface area (Å²) in [5, 5.41) is 11.7. The van der Waals surface area contributed by atoms with Crippen LogP contribution in [0.3, 0.4) is 0 Å². The van der Waals surface area contributed by atoms with Crippen molar-refractivity contribution >= 4 is 17.4 Å². The van der Waals surface area contributed by atoms with Gasteiger partial charge in [-0.05, 0) is 43.7 Å². The maximum absolute atomic E-state index is 14.0. The summed E-state index contributed by atoms with van der Waals surface area (Å²) in [6, 6.07) is 10.9. The molecule has 2 amide bonds. The fourth-order valence-electron chi connectivity index (χ4n) is 5.02. The third-order valence-electron chi connectivity index (χ3n) is 6.92. The molecule has 4 rings (SSSR count). The minimum atomic E-state index is -4.64. The number of anilines is 2. The van der Waals surface area contributed by atoms with Crippen molar-refractivity contribution < 1.29 is 27.1 Å². The minimum Gasteiger partial charge on any atom is -0.381 e. The molecule has 2 heterocycles. The first-order valence-electron chi connectivity index (χ1n) is 11.4. The topological polar surface area (TPSA) is 68.6 Å². The van der Waals surface area contributed by atoms with Crippen LogP contribution in [0.4, 0.5) is 33.7 Å². The van der Waals surface area contributed by atoms with Gasteiger partial charge in [-0.15, -0.1) is 0 Å². The lowest BCUT2D eigenvalue weighted by molar-refractivity contribution is -0.137. The number of alkyl halides is 3. The molecule has 0 aliphatic carbocycles. The van der Waals surface area contributed by atoms with Crippen LogP contribution in [0.5, 0.6) is 0 Å². The number of hydrogen-bond donors (Lipinski definition) is 1. The van der Waals surface area contributed by atoms with Gasteiger partial charge in [-0.2, -0.15) is 18.4 Å². The first-order valence-corrected chi connectivity index (χ1v) is 11.4. The van der Waals surface area contributed by atoms with Crippen LogP contribution in [-0.2, 0) is 10.9 Å². The average Bonchev–Trinajstić information content (AvgIpc) is 3.22. The molecule has 0 spiro atoms. The van der Waals surface area contributed by atoms with Crippen molar-refractivity contribution in [1.82, 2.24) is 4.90 Å². The summed E-state index contributed by atoms with van der Waals surface area (Å²) in [5.41, 5.74) is -1.25. The van der Waals surface area contributed by atoms with E-state index in [9.17, 15) is 22.4 Å². The van der Waals surface area contributed by atoms with Crippen LogP contribution in [0.1, 0.15) is 24.5 Å². The molecule has 0 aromatic heterocycles. The van der Waals surface area contributed by atoms with E-state index in [2.05, 4.69) is 5.32 Å². The molecule has 0 saturated carbocycles. The number of piperidine rings is 1. The Morgan fingerprint density at radius 1 is 1.26 bits per heavy atom. The lowest BCUT2D eigenvalue weighted by Crippen LogP contribution is -2.52. The van der Waals surface area contributed by atoms with E-state index in [4.69, 9.17) is 10.00 Å². The van der Waals surface area contributed by atoms with Gasteiger partial charge in [0.2, 0.25) is 0 Å². The quantitative estimate of drug-likeness (QED) is 0.592. The van der Waals surface area contributed by atoms with Crippen molar-refractivity contribution in [3.63, 3.8) is 0 Å². The largest absolute Gasteiger partial charge is 0.417 e. The van der Waals surface area contributed by atoms with E-state index < -0.39 is 29.2 Å². The number of nitriles is 1. The molecular formula is C25H26F4N4O2. The zero-order valence-corrected chi connectivity index (χ0v) is 19.2. The Morgan fingerprint density at radius 3 is 2.71 bits per heavy atom. The van der Waals surface area contributed by atoms with Crippen molar-refractivity contribution in [3.8, 4) is 6.07 Å². The highest BCUT2D eigenvalue weighted by Crippen LogP contribution is 2.45. The van der Waals surface area contributed by atoms with E-state index in [0.717, 1.165) is 6.07 Å². The summed E-state index contributed by atoms with van der Waals surface area (Å²) < 4.78 is 60.3. The number of ether oxygens (including phenoxy) is 1. The van der Waals surface area contributed by atoms with Crippen LogP contribution in [0.25, 0.3) is 0 Å². The fourth-order valence-corrected chi connectivity index (χ4v) is 5.02. The van der Waals surface area contributed by atoms with Crippen molar-refractivity contribution in [3.05, 3.63) is 59.4 Å². The van der Waals surface area contributed by atoms with Crippen molar-refractivity contribution in [2.75, 3.05) is 49.6 Å². The Balaban J connectivity index is 1.55. The first-order chi connectivity index (χ1) is 16.7. The van der Waals surface area contributed by atoms with Gasteiger partial charge in [0.25, 0.3) is 0 Å². The van der Waals surface area contributed by atoms with Crippen LogP contribution in [-0.4, -0.2) is 50.3 Å². The van der Waals surface area contributed by atoms with Crippen molar-refractivity contribution in [2.45, 2.75) is 19.5 Å². The summed E-state index contributed by atoms with van der Waals surface area (Å²) in [5.74, 6) is -0.587. The summed E-state index contributed by atoms with van der Waals surface area (Å²) in [6.07, 6.45) is -4.04. The first kappa shape index (κ1) is 24.8. The minimum absolute atomic E-state index is 0.0563. The third-order valence-corrected chi connectivity index (χ3v) is 6.92. The normalized spacial score (nSPS) is 22.0. The number of likely N-dealkylation sites (tertiary alicyclic amines) is 1. The molecule has 2 aliphatic rings. The number of urea groups is 1. The van der Waals surface area contributed by atoms with E-state index in [1.54, 1.807) is 17.0 Å². The molecule has 0 radical (unpaired) electrons. The molecule has 2 aromatic rings. The molecule has 0 unspecified atom stereocenters. The number of nitrogens with zero attached hydrogens (tertiary/aromatic N) is 3. The summed E-state index contributed by atoms with van der Waals surface area (Å²) in [6.45, 7) is 4.50. The Bertz CT molecular complexity index is 1130. The molecule has 2 aliphatic heterocycles. The predicted octanol–water partition coefficient (Wildman–Crippen LogP) is 5.11. The van der Waals surface area contributed by atoms with Gasteiger partial charge in [0, 0.05) is 49.8 Å². The molecule has 2 aromatic carbocycles. The molecule has 0 bridgehead atoms. The van der Waals surface area contributed by atoms with Crippen LogP contribution >= 0.6 is 0 Å². The lowest BCUT2D eigenvalue weighted by Gasteiger charge is -2.43. The monoisotopic (exact) mass is 490 g/mol. The van der Waals surface area contributed by atoms with Crippen molar-refractivity contribution in [1.29, 1.82) is 5.26 Å². The number of carbonyl (C=O) groups excluding carboxylic acids is 1. The van der Waals surface area contributed by atoms with Gasteiger partial charge in [-0.25, -0.2) is 9.18 Å². The van der Waals surface area contributed by atoms with E-state index in [-0.39, 0.29) is 17.0 Å². The van der Waals surface area contributed by atoms with E-state index in [1.165, 1.54) is 30.3 Å². The molecule has 6 nitrogen and oxygen atoms in total. The molecular weight excluding hydrogens is 464 g/mol. The second-order valence-electron chi connectivity index (χ2n) is 9.02. The van der Waals surface area contributed by atoms with Gasteiger partial charge < -0.3 is 19.9 Å². The second kappa shape index (κ2) is 9.74. The Labute approximate surface area is 201 Å². The highest BCUT2D eigenvalue weighted by atomic mass is 19.4. The van der Waals surface area contributed by atoms with Gasteiger partial charge in [0.1, 0.15) is 5.82 Å². The van der Waals surface area contributed by atoms with E-state index in [1.807, 2.05) is 11.8 Å². The number of rotatable bonds is 5. The summed E-state index contributed by atoms with van der Waals surface area (Å²) in [4.78, 5) is 16.3. The maximum Gasteiger partial charge on any atom is 0.417 e. The molecule has 2 saturated heterocycles. The standard InChI is InChI=1S/C25H26F4N4O2/c1-2-35-16-24-9-10-32(23(34)31-22-6-4-3-5-21(22)26)13-18(24)14-33(15-24)19-8-7-17(12-30)20(11-19)25(27,28)29/h3-8,11,18H,2,9-10,13-16H2,1H3,(H,31,34)/t18-,24+/m1/s1. The highest BCUT2D eigenvalue weighted by molar-refractivity contribution is 5.89. The SMILES string of the molecule is CCOC[C@@]12CCN(C(=O)Nc3ccccc3F)C[C@@H]1CN(c1ccc(C#N)c(C(F)(F)F)c1)C2. The van der Waals surface area contributed by atoms with Crippen LogP contribution in [0, 0.1) is 28.5 Å². The number of hydrogen-bond acceptors (Lipinski definition) is 4. The number of halogens is 4. The molecule has 10 heteroatoms. The molecule has 2 atom stereocenters. The number of carbonyl (C=O) groups is 1. The van der Waals surface area contributed by atoms with Crippen LogP contribution < -0.4 is 10.2 Å². The van der Waals surface area contributed by atoms with E-state index in [0.29, 0.717) is 51.5 Å². The summed E-state index contributed by atoms with van der Waals surface area (Å²) in [7, 11) is 0. The number of amides is 2. The average molecular weight is 491 g/mol. The smallest absolute Gasteiger partial charge is 0.381 e. The van der Waals surface area contributed by atoms with Gasteiger partial charge in [0.15, 0.2) is 0 Å². The Morgan fingerprint density at radius 2 is 2.03 bits per heavy atom. The zero-order valence-electron chi connectivity index (χ0n) is 19.2. The molecule has 1 N–H and O–H groups in total. The van der Waals surface area contributed by atoms with Crippen LogP contribution in [0.2, 0.25) is 0 Å². The highest BCUT2D eigenvalue weighted by Gasteiger charge is 2.50. The summed E-state index contributed by atoms with van der Waals surface area (Å²) >= 11 is 0. The van der Waals surface area contributed by atoms with Gasteiger partial charge >= 0.3 is 12.2 Å². The molecule has 35 heavy (non-hydrogen) atoms. The molecule has 2 fully saturated rings. The number of fused-ring (bicyclic) bond motifs is 1. The van der Waals surface area contributed by atoms with Crippen LogP contribution in [0.15, 0.2) is 42.5 Å². The second-order valence-corrected chi connectivity index (χ2v) is 9.02. The lowest BCUT2D eigenvalue weighted by atomic mass is 9.73. The molecule has 186 valence electrons.